The van der Waals surface area contributed by atoms with E-state index in [2.05, 4.69) is 52.2 Å². The van der Waals surface area contributed by atoms with E-state index in [1.165, 1.54) is 116 Å². The molecule has 342 valence electrons. The number of likely N-dealkylation sites (N-methyl/N-ethyl adjacent to an activating group) is 1. The van der Waals surface area contributed by atoms with Crippen LogP contribution in [0.15, 0.2) is 24.3 Å². The van der Waals surface area contributed by atoms with Gasteiger partial charge in [0.1, 0.15) is 19.8 Å². The molecule has 0 heterocycles. The highest BCUT2D eigenvalue weighted by molar-refractivity contribution is 7.99. The first kappa shape index (κ1) is 58.7. The predicted molar refractivity (Wildman–Crippen MR) is 244 cm³/mol. The Kier molecular flexibility index (Phi) is 45.7. The number of hydrogen-bond donors (Lipinski definition) is 1. The molecule has 0 aliphatic heterocycles. The van der Waals surface area contributed by atoms with Crippen LogP contribution >= 0.6 is 11.8 Å². The van der Waals surface area contributed by atoms with E-state index in [9.17, 15) is 19.5 Å². The number of unbranched alkanes of at least 4 members (excludes halogenated alkanes) is 22. The van der Waals surface area contributed by atoms with Crippen molar-refractivity contribution in [2.75, 3.05) is 71.6 Å². The first-order valence-electron chi connectivity index (χ1n) is 23.6. The van der Waals surface area contributed by atoms with Crippen molar-refractivity contribution in [2.24, 2.45) is 0 Å². The van der Waals surface area contributed by atoms with Gasteiger partial charge in [-0.3, -0.25) is 14.4 Å². The summed E-state index contributed by atoms with van der Waals surface area (Å²) in [6.45, 7) is 7.03. The summed E-state index contributed by atoms with van der Waals surface area (Å²) < 4.78 is 11.7. The summed E-state index contributed by atoms with van der Waals surface area (Å²) in [6.07, 6.45) is 41.7. The van der Waals surface area contributed by atoms with E-state index in [1.54, 1.807) is 16.7 Å². The van der Waals surface area contributed by atoms with E-state index in [1.807, 2.05) is 0 Å². The van der Waals surface area contributed by atoms with Gasteiger partial charge in [-0.1, -0.05) is 141 Å². The van der Waals surface area contributed by atoms with Gasteiger partial charge in [-0.15, -0.1) is 11.8 Å². The quantitative estimate of drug-likeness (QED) is 0.0283. The molecule has 0 radical (unpaired) electrons. The summed E-state index contributed by atoms with van der Waals surface area (Å²) in [5.74, 6) is 0.622. The standard InChI is InChI=1S/C48H91N2O6S.BrH/c1-5-7-9-11-13-15-17-19-21-23-25-27-29-31-33-35-47(53)55-42-37-49(46(52)45-57-44-40-50(3,4)39-41-51)38-43-56-48(54)36-34-32-30-28-26-24-22-20-18-16-14-12-10-8-6-2;/h19-22,51H,5-18,23-45H2,1-4H3;1H/q+1;/p-1. The Bertz CT molecular complexity index is 937. The first-order valence-corrected chi connectivity index (χ1v) is 24.8. The number of aliphatic hydroxyl groups is 1. The normalized spacial score (nSPS) is 11.7. The SMILES string of the molecule is CCCCCCCCC=CCCCCCCCC(=O)OCCN(CCOC(=O)CCCCCCCC=CCCCCCCCC)C(=O)CSCC[N+](C)(C)CCO.[Br-]. The van der Waals surface area contributed by atoms with Gasteiger partial charge in [0.25, 0.3) is 0 Å². The van der Waals surface area contributed by atoms with Crippen molar-refractivity contribution in [1.82, 2.24) is 4.90 Å². The van der Waals surface area contributed by atoms with Crippen LogP contribution in [0.1, 0.15) is 194 Å². The van der Waals surface area contributed by atoms with E-state index < -0.39 is 0 Å². The molecule has 0 saturated heterocycles. The molecule has 1 amide bonds. The molecule has 0 spiro atoms. The largest absolute Gasteiger partial charge is 1.00 e. The summed E-state index contributed by atoms with van der Waals surface area (Å²) in [5, 5.41) is 9.30. The highest BCUT2D eigenvalue weighted by Crippen LogP contribution is 2.13. The van der Waals surface area contributed by atoms with Gasteiger partial charge in [0.05, 0.1) is 46.1 Å². The van der Waals surface area contributed by atoms with Crippen molar-refractivity contribution in [3.8, 4) is 0 Å². The molecule has 0 fully saturated rings. The van der Waals surface area contributed by atoms with Crippen LogP contribution in [0.2, 0.25) is 0 Å². The van der Waals surface area contributed by atoms with E-state index >= 15 is 0 Å². The van der Waals surface area contributed by atoms with Crippen LogP contribution in [0.25, 0.3) is 0 Å². The molecular weight excluding hydrogens is 813 g/mol. The number of hydrogen-bond acceptors (Lipinski definition) is 7. The lowest BCUT2D eigenvalue weighted by Crippen LogP contribution is -3.00. The number of ether oxygens (including phenoxy) is 2. The third-order valence-corrected chi connectivity index (χ3v) is 11.6. The summed E-state index contributed by atoms with van der Waals surface area (Å²) in [5.41, 5.74) is 0. The lowest BCUT2D eigenvalue weighted by Gasteiger charge is -2.28. The van der Waals surface area contributed by atoms with Crippen molar-refractivity contribution in [2.45, 2.75) is 194 Å². The van der Waals surface area contributed by atoms with Crippen molar-refractivity contribution in [1.29, 1.82) is 0 Å². The minimum Gasteiger partial charge on any atom is -1.00 e. The Morgan fingerprint density at radius 2 is 0.914 bits per heavy atom. The van der Waals surface area contributed by atoms with Crippen LogP contribution < -0.4 is 17.0 Å². The summed E-state index contributed by atoms with van der Waals surface area (Å²) in [7, 11) is 4.14. The number of allylic oxidation sites excluding steroid dienone is 4. The number of thioether (sulfide) groups is 1. The molecule has 0 unspecified atom stereocenters. The monoisotopic (exact) mass is 903 g/mol. The number of aliphatic hydroxyl groups excluding tert-OH is 1. The summed E-state index contributed by atoms with van der Waals surface area (Å²) >= 11 is 1.57. The molecule has 58 heavy (non-hydrogen) atoms. The van der Waals surface area contributed by atoms with Gasteiger partial charge < -0.3 is 40.9 Å². The molecule has 1 N–H and O–H groups in total. The zero-order chi connectivity index (χ0) is 41.9. The molecule has 0 aliphatic carbocycles. The zero-order valence-corrected chi connectivity index (χ0v) is 40.5. The number of nitrogens with zero attached hydrogens (tertiary/aromatic N) is 2. The van der Waals surface area contributed by atoms with Crippen LogP contribution in [0, 0.1) is 0 Å². The molecule has 0 aliphatic rings. The van der Waals surface area contributed by atoms with Crippen molar-refractivity contribution in [3.05, 3.63) is 24.3 Å². The van der Waals surface area contributed by atoms with Crippen molar-refractivity contribution >= 4 is 29.6 Å². The van der Waals surface area contributed by atoms with Gasteiger partial charge in [0.2, 0.25) is 5.91 Å². The molecule has 0 aromatic rings. The molecule has 0 saturated carbocycles. The van der Waals surface area contributed by atoms with E-state index in [-0.39, 0.29) is 67.7 Å². The van der Waals surface area contributed by atoms with Gasteiger partial charge in [0, 0.05) is 18.6 Å². The van der Waals surface area contributed by atoms with Crippen LogP contribution in [-0.2, 0) is 23.9 Å². The van der Waals surface area contributed by atoms with Crippen molar-refractivity contribution < 1.29 is 50.4 Å². The van der Waals surface area contributed by atoms with Gasteiger partial charge in [-0.05, 0) is 64.2 Å². The third-order valence-electron chi connectivity index (χ3n) is 10.7. The van der Waals surface area contributed by atoms with E-state index in [4.69, 9.17) is 9.47 Å². The smallest absolute Gasteiger partial charge is 0.305 e. The molecular formula is C48H91BrN2O6S. The summed E-state index contributed by atoms with van der Waals surface area (Å²) in [4.78, 5) is 39.7. The van der Waals surface area contributed by atoms with Crippen LogP contribution in [0.3, 0.4) is 0 Å². The van der Waals surface area contributed by atoms with Crippen LogP contribution in [0.4, 0.5) is 0 Å². The van der Waals surface area contributed by atoms with E-state index in [0.717, 1.165) is 63.7 Å². The van der Waals surface area contributed by atoms with Gasteiger partial charge in [-0.2, -0.15) is 0 Å². The number of quaternary nitrogens is 1. The number of carbonyl (C=O) groups is 3. The maximum atomic E-state index is 13.2. The van der Waals surface area contributed by atoms with E-state index in [0.29, 0.717) is 29.6 Å². The van der Waals surface area contributed by atoms with Gasteiger partial charge >= 0.3 is 11.9 Å². The fourth-order valence-corrected chi connectivity index (χ4v) is 7.79. The number of halogens is 1. The zero-order valence-electron chi connectivity index (χ0n) is 38.1. The first-order chi connectivity index (χ1) is 27.8. The molecule has 10 heteroatoms. The molecule has 0 aromatic carbocycles. The maximum Gasteiger partial charge on any atom is 0.305 e. The van der Waals surface area contributed by atoms with Crippen LogP contribution in [0.5, 0.6) is 0 Å². The number of amides is 1. The molecule has 0 aromatic heterocycles. The Balaban J connectivity index is 0. The molecule has 8 nitrogen and oxygen atoms in total. The van der Waals surface area contributed by atoms with Gasteiger partial charge in [0.15, 0.2) is 0 Å². The highest BCUT2D eigenvalue weighted by Gasteiger charge is 2.18. The number of carbonyl (C=O) groups excluding carboxylic acids is 3. The number of esters is 2. The Morgan fingerprint density at radius 1 is 0.552 bits per heavy atom. The maximum absolute atomic E-state index is 13.2. The second-order valence-electron chi connectivity index (χ2n) is 16.6. The average Bonchev–Trinajstić information content (AvgIpc) is 3.18. The summed E-state index contributed by atoms with van der Waals surface area (Å²) in [6, 6.07) is 0. The third kappa shape index (κ3) is 42.8. The fraction of sp³-hybridized carbons (Fsp3) is 0.854. The lowest BCUT2D eigenvalue weighted by atomic mass is 10.1. The predicted octanol–water partition coefficient (Wildman–Crippen LogP) is 8.78. The Hall–Kier alpha value is -1.36. The van der Waals surface area contributed by atoms with Crippen LogP contribution in [-0.4, -0.2) is 104 Å². The fourth-order valence-electron chi connectivity index (χ4n) is 6.67. The molecule has 0 bridgehead atoms. The minimum atomic E-state index is -0.218. The molecule has 0 atom stereocenters. The second-order valence-corrected chi connectivity index (χ2v) is 17.8. The topological polar surface area (TPSA) is 93.1 Å². The van der Waals surface area contributed by atoms with Crippen molar-refractivity contribution in [3.63, 3.8) is 0 Å². The number of rotatable bonds is 43. The Morgan fingerprint density at radius 3 is 1.29 bits per heavy atom. The average molecular weight is 904 g/mol. The minimum absolute atomic E-state index is 0. The second kappa shape index (κ2) is 45.2. The lowest BCUT2D eigenvalue weighted by molar-refractivity contribution is -0.888. The Labute approximate surface area is 372 Å². The molecule has 0 rings (SSSR count). The highest BCUT2D eigenvalue weighted by atomic mass is 79.9. The van der Waals surface area contributed by atoms with Gasteiger partial charge in [-0.25, -0.2) is 0 Å².